The maximum Gasteiger partial charge on any atom is 0.218 e. The van der Waals surface area contributed by atoms with Gasteiger partial charge >= 0.3 is 0 Å². The SMILES string of the molecule is CC1CCC(C)N(S(=O)(=O)Cc2ccccc2N)C1. The molecule has 2 unspecified atom stereocenters. The van der Waals surface area contributed by atoms with Crippen LogP contribution < -0.4 is 5.73 Å². The highest BCUT2D eigenvalue weighted by molar-refractivity contribution is 7.88. The molecule has 0 aromatic heterocycles. The van der Waals surface area contributed by atoms with E-state index in [0.29, 0.717) is 23.7 Å². The average Bonchev–Trinajstić information content (AvgIpc) is 2.35. The minimum atomic E-state index is -3.29. The average molecular weight is 282 g/mol. The van der Waals surface area contributed by atoms with Crippen LogP contribution in [0.15, 0.2) is 24.3 Å². The Kier molecular flexibility index (Phi) is 4.16. The molecule has 0 radical (unpaired) electrons. The molecule has 0 aliphatic carbocycles. The Morgan fingerprint density at radius 2 is 1.95 bits per heavy atom. The van der Waals surface area contributed by atoms with Gasteiger partial charge in [0.1, 0.15) is 0 Å². The number of piperidine rings is 1. The lowest BCUT2D eigenvalue weighted by atomic mass is 9.97. The van der Waals surface area contributed by atoms with Gasteiger partial charge in [-0.1, -0.05) is 25.1 Å². The minimum absolute atomic E-state index is 0.00324. The molecule has 2 atom stereocenters. The molecule has 0 saturated carbocycles. The Hall–Kier alpha value is -1.07. The third-order valence-corrected chi connectivity index (χ3v) is 5.71. The van der Waals surface area contributed by atoms with Gasteiger partial charge in [0.05, 0.1) is 5.75 Å². The number of rotatable bonds is 3. The molecule has 1 saturated heterocycles. The lowest BCUT2D eigenvalue weighted by Gasteiger charge is -2.35. The first-order valence-corrected chi connectivity index (χ1v) is 8.34. The zero-order chi connectivity index (χ0) is 14.0. The van der Waals surface area contributed by atoms with Crippen LogP contribution in [-0.4, -0.2) is 25.3 Å². The molecular formula is C14H22N2O2S. The lowest BCUT2D eigenvalue weighted by molar-refractivity contribution is 0.218. The fourth-order valence-corrected chi connectivity index (χ4v) is 4.54. The fraction of sp³-hybridized carbons (Fsp3) is 0.571. The summed E-state index contributed by atoms with van der Waals surface area (Å²) >= 11 is 0. The molecule has 0 amide bonds. The maximum atomic E-state index is 12.5. The van der Waals surface area contributed by atoms with Gasteiger partial charge in [-0.05, 0) is 37.3 Å². The van der Waals surface area contributed by atoms with Crippen LogP contribution in [0.5, 0.6) is 0 Å². The Morgan fingerprint density at radius 1 is 1.26 bits per heavy atom. The quantitative estimate of drug-likeness (QED) is 0.865. The van der Waals surface area contributed by atoms with Crippen LogP contribution >= 0.6 is 0 Å². The predicted molar refractivity (Wildman–Crippen MR) is 78.0 cm³/mol. The number of para-hydroxylation sites is 1. The molecule has 2 N–H and O–H groups in total. The van der Waals surface area contributed by atoms with E-state index in [9.17, 15) is 8.42 Å². The van der Waals surface area contributed by atoms with Crippen molar-refractivity contribution in [2.75, 3.05) is 12.3 Å². The monoisotopic (exact) mass is 282 g/mol. The van der Waals surface area contributed by atoms with Crippen LogP contribution in [-0.2, 0) is 15.8 Å². The number of sulfonamides is 1. The zero-order valence-corrected chi connectivity index (χ0v) is 12.4. The summed E-state index contributed by atoms with van der Waals surface area (Å²) in [4.78, 5) is 0. The van der Waals surface area contributed by atoms with Gasteiger partial charge in [0.15, 0.2) is 0 Å². The van der Waals surface area contributed by atoms with Crippen LogP contribution in [0, 0.1) is 5.92 Å². The number of nitrogen functional groups attached to an aromatic ring is 1. The third-order valence-electron chi connectivity index (χ3n) is 3.81. The minimum Gasteiger partial charge on any atom is -0.398 e. The summed E-state index contributed by atoms with van der Waals surface area (Å²) in [6.45, 7) is 4.71. The normalized spacial score (nSPS) is 25.4. The second-order valence-corrected chi connectivity index (χ2v) is 7.48. The maximum absolute atomic E-state index is 12.5. The summed E-state index contributed by atoms with van der Waals surface area (Å²) in [5, 5.41) is 0. The molecule has 1 aromatic carbocycles. The first-order chi connectivity index (χ1) is 8.90. The van der Waals surface area contributed by atoms with E-state index in [4.69, 9.17) is 5.73 Å². The van der Waals surface area contributed by atoms with Crippen molar-refractivity contribution in [3.8, 4) is 0 Å². The topological polar surface area (TPSA) is 63.4 Å². The van der Waals surface area contributed by atoms with Crippen molar-refractivity contribution in [2.24, 2.45) is 5.92 Å². The molecule has 106 valence electrons. The lowest BCUT2D eigenvalue weighted by Crippen LogP contribution is -2.45. The largest absolute Gasteiger partial charge is 0.398 e. The summed E-state index contributed by atoms with van der Waals surface area (Å²) in [5.74, 6) is 0.426. The van der Waals surface area contributed by atoms with Crippen LogP contribution in [0.3, 0.4) is 0 Å². The number of nitrogens with two attached hydrogens (primary N) is 1. The van der Waals surface area contributed by atoms with E-state index in [0.717, 1.165) is 12.8 Å². The Labute approximate surface area is 115 Å². The second kappa shape index (κ2) is 5.51. The van der Waals surface area contributed by atoms with Crippen LogP contribution in [0.4, 0.5) is 5.69 Å². The molecule has 1 aliphatic rings. The molecular weight excluding hydrogens is 260 g/mol. The summed E-state index contributed by atoms with van der Waals surface area (Å²) in [6.07, 6.45) is 2.03. The van der Waals surface area contributed by atoms with Crippen molar-refractivity contribution < 1.29 is 8.42 Å². The van der Waals surface area contributed by atoms with E-state index in [1.807, 2.05) is 19.1 Å². The highest BCUT2D eigenvalue weighted by atomic mass is 32.2. The van der Waals surface area contributed by atoms with Crippen molar-refractivity contribution >= 4 is 15.7 Å². The van der Waals surface area contributed by atoms with Crippen molar-refractivity contribution in [3.63, 3.8) is 0 Å². The first kappa shape index (κ1) is 14.3. The number of benzene rings is 1. The van der Waals surface area contributed by atoms with Crippen LogP contribution in [0.25, 0.3) is 0 Å². The molecule has 1 aromatic rings. The second-order valence-electron chi connectivity index (χ2n) is 5.56. The zero-order valence-electron chi connectivity index (χ0n) is 11.5. The highest BCUT2D eigenvalue weighted by Gasteiger charge is 2.32. The van der Waals surface area contributed by atoms with E-state index in [2.05, 4.69) is 6.92 Å². The van der Waals surface area contributed by atoms with E-state index < -0.39 is 10.0 Å². The van der Waals surface area contributed by atoms with Gasteiger partial charge in [0.25, 0.3) is 0 Å². The molecule has 19 heavy (non-hydrogen) atoms. The van der Waals surface area contributed by atoms with E-state index in [1.54, 1.807) is 16.4 Å². The van der Waals surface area contributed by atoms with Gasteiger partial charge in [-0.3, -0.25) is 0 Å². The summed E-state index contributed by atoms with van der Waals surface area (Å²) in [7, 11) is -3.29. The fourth-order valence-electron chi connectivity index (χ4n) is 2.58. The first-order valence-electron chi connectivity index (χ1n) is 6.73. The molecule has 0 spiro atoms. The number of hydrogen-bond acceptors (Lipinski definition) is 3. The van der Waals surface area contributed by atoms with E-state index in [-0.39, 0.29) is 11.8 Å². The van der Waals surface area contributed by atoms with Gasteiger partial charge in [-0.25, -0.2) is 8.42 Å². The number of nitrogens with zero attached hydrogens (tertiary/aromatic N) is 1. The summed E-state index contributed by atoms with van der Waals surface area (Å²) in [5.41, 5.74) is 7.07. The number of anilines is 1. The van der Waals surface area contributed by atoms with Crippen LogP contribution in [0.2, 0.25) is 0 Å². The standard InChI is InChI=1S/C14H22N2O2S/c1-11-7-8-12(2)16(9-11)19(17,18)10-13-5-3-4-6-14(13)15/h3-6,11-12H,7-10,15H2,1-2H3. The molecule has 0 bridgehead atoms. The Morgan fingerprint density at radius 3 is 2.63 bits per heavy atom. The summed E-state index contributed by atoms with van der Waals surface area (Å²) in [6, 6.07) is 7.25. The van der Waals surface area contributed by atoms with Crippen molar-refractivity contribution in [2.45, 2.75) is 38.5 Å². The third kappa shape index (κ3) is 3.28. The van der Waals surface area contributed by atoms with Gasteiger partial charge in [-0.2, -0.15) is 4.31 Å². The van der Waals surface area contributed by atoms with Gasteiger partial charge in [-0.15, -0.1) is 0 Å². The van der Waals surface area contributed by atoms with Gasteiger partial charge in [0.2, 0.25) is 10.0 Å². The predicted octanol–water partition coefficient (Wildman–Crippen LogP) is 2.22. The van der Waals surface area contributed by atoms with Crippen LogP contribution in [0.1, 0.15) is 32.3 Å². The Bertz CT molecular complexity index is 542. The van der Waals surface area contributed by atoms with Crippen molar-refractivity contribution in [3.05, 3.63) is 29.8 Å². The van der Waals surface area contributed by atoms with E-state index >= 15 is 0 Å². The molecule has 1 aliphatic heterocycles. The van der Waals surface area contributed by atoms with Crippen molar-refractivity contribution in [1.29, 1.82) is 0 Å². The van der Waals surface area contributed by atoms with E-state index in [1.165, 1.54) is 0 Å². The molecule has 4 nitrogen and oxygen atoms in total. The highest BCUT2D eigenvalue weighted by Crippen LogP contribution is 2.26. The van der Waals surface area contributed by atoms with Gasteiger partial charge < -0.3 is 5.73 Å². The molecule has 2 rings (SSSR count). The summed E-state index contributed by atoms with van der Waals surface area (Å²) < 4.78 is 26.7. The van der Waals surface area contributed by atoms with Crippen molar-refractivity contribution in [1.82, 2.24) is 4.31 Å². The molecule has 1 heterocycles. The Balaban J connectivity index is 2.20. The van der Waals surface area contributed by atoms with Gasteiger partial charge in [0, 0.05) is 18.3 Å². The molecule has 1 fully saturated rings. The number of hydrogen-bond donors (Lipinski definition) is 1. The molecule has 5 heteroatoms. The smallest absolute Gasteiger partial charge is 0.218 e.